The van der Waals surface area contributed by atoms with Gasteiger partial charge in [0.15, 0.2) is 17.3 Å². The summed E-state index contributed by atoms with van der Waals surface area (Å²) >= 11 is 6.13. The van der Waals surface area contributed by atoms with E-state index in [2.05, 4.69) is 0 Å². The molecular weight excluding hydrogens is 314 g/mol. The maximum atomic E-state index is 12.2. The molecule has 0 spiro atoms. The normalized spacial score (nSPS) is 10.3. The smallest absolute Gasteiger partial charge is 0.185 e. The Bertz CT molecular complexity index is 806. The highest BCUT2D eigenvalue weighted by Gasteiger charge is 2.10. The van der Waals surface area contributed by atoms with Crippen molar-refractivity contribution in [3.05, 3.63) is 64.2 Å². The molecule has 0 radical (unpaired) electrons. The zero-order valence-corrected chi connectivity index (χ0v) is 13.4. The van der Waals surface area contributed by atoms with Crippen molar-refractivity contribution in [3.63, 3.8) is 0 Å². The molecule has 2 rings (SSSR count). The first kappa shape index (κ1) is 16.6. The third-order valence-corrected chi connectivity index (χ3v) is 3.44. The van der Waals surface area contributed by atoms with Gasteiger partial charge in [0.05, 0.1) is 30.9 Å². The second kappa shape index (κ2) is 7.48. The second-order valence-corrected chi connectivity index (χ2v) is 5.04. The Labute approximate surface area is 139 Å². The molecule has 0 bridgehead atoms. The summed E-state index contributed by atoms with van der Waals surface area (Å²) in [5, 5.41) is 9.26. The lowest BCUT2D eigenvalue weighted by Crippen LogP contribution is -1.95. The van der Waals surface area contributed by atoms with Gasteiger partial charge in [0.1, 0.15) is 0 Å². The highest BCUT2D eigenvalue weighted by Crippen LogP contribution is 2.36. The molecule has 0 aliphatic carbocycles. The molecule has 116 valence electrons. The van der Waals surface area contributed by atoms with Gasteiger partial charge in [-0.15, -0.1) is 0 Å². The van der Waals surface area contributed by atoms with E-state index < -0.39 is 0 Å². The molecule has 0 fully saturated rings. The Morgan fingerprint density at radius 3 is 2.65 bits per heavy atom. The molecule has 0 heterocycles. The van der Waals surface area contributed by atoms with Crippen LogP contribution in [-0.4, -0.2) is 20.0 Å². The van der Waals surface area contributed by atoms with E-state index in [1.807, 2.05) is 6.07 Å². The van der Waals surface area contributed by atoms with Gasteiger partial charge < -0.3 is 9.47 Å². The van der Waals surface area contributed by atoms with Crippen LogP contribution in [0.2, 0.25) is 5.02 Å². The number of methoxy groups -OCH3 is 2. The van der Waals surface area contributed by atoms with Crippen molar-refractivity contribution in [2.75, 3.05) is 14.2 Å². The second-order valence-electron chi connectivity index (χ2n) is 4.63. The van der Waals surface area contributed by atoms with Gasteiger partial charge in [-0.25, -0.2) is 0 Å². The maximum absolute atomic E-state index is 12.2. The number of rotatable bonds is 5. The molecule has 4 nitrogen and oxygen atoms in total. The lowest BCUT2D eigenvalue weighted by Gasteiger charge is -2.10. The highest BCUT2D eigenvalue weighted by molar-refractivity contribution is 6.32. The lowest BCUT2D eigenvalue weighted by atomic mass is 10.1. The summed E-state index contributed by atoms with van der Waals surface area (Å²) in [4.78, 5) is 12.2. The Balaban J connectivity index is 2.27. The zero-order valence-electron chi connectivity index (χ0n) is 12.7. The molecule has 0 aliphatic heterocycles. The van der Waals surface area contributed by atoms with Crippen LogP contribution in [0.15, 0.2) is 42.5 Å². The highest BCUT2D eigenvalue weighted by atomic mass is 35.5. The number of hydrogen-bond acceptors (Lipinski definition) is 4. The van der Waals surface area contributed by atoms with Crippen LogP contribution in [0, 0.1) is 11.3 Å². The fourth-order valence-electron chi connectivity index (χ4n) is 2.04. The van der Waals surface area contributed by atoms with Gasteiger partial charge in [-0.1, -0.05) is 29.8 Å². The van der Waals surface area contributed by atoms with E-state index in [-0.39, 0.29) is 5.78 Å². The Morgan fingerprint density at radius 2 is 2.00 bits per heavy atom. The Morgan fingerprint density at radius 1 is 1.22 bits per heavy atom. The molecule has 0 amide bonds. The monoisotopic (exact) mass is 327 g/mol. The summed E-state index contributed by atoms with van der Waals surface area (Å²) < 4.78 is 10.4. The van der Waals surface area contributed by atoms with E-state index in [0.717, 1.165) is 0 Å². The largest absolute Gasteiger partial charge is 0.493 e. The zero-order chi connectivity index (χ0) is 16.8. The number of nitriles is 1. The van der Waals surface area contributed by atoms with Crippen molar-refractivity contribution in [1.29, 1.82) is 5.26 Å². The minimum absolute atomic E-state index is 0.201. The van der Waals surface area contributed by atoms with Gasteiger partial charge in [-0.05, 0) is 35.9 Å². The molecule has 0 unspecified atom stereocenters. The number of nitrogens with zero attached hydrogens (tertiary/aromatic N) is 1. The average molecular weight is 328 g/mol. The third-order valence-electron chi connectivity index (χ3n) is 3.16. The molecule has 0 atom stereocenters. The van der Waals surface area contributed by atoms with Crippen molar-refractivity contribution < 1.29 is 14.3 Å². The van der Waals surface area contributed by atoms with Crippen LogP contribution in [-0.2, 0) is 0 Å². The van der Waals surface area contributed by atoms with Crippen LogP contribution < -0.4 is 9.47 Å². The van der Waals surface area contributed by atoms with Crippen molar-refractivity contribution in [1.82, 2.24) is 0 Å². The SMILES string of the molecule is COc1cc(/C=C/C(=O)c2cccc(C#N)c2)cc(Cl)c1OC. The van der Waals surface area contributed by atoms with Crippen molar-refractivity contribution in [3.8, 4) is 17.6 Å². The summed E-state index contributed by atoms with van der Waals surface area (Å²) in [6.45, 7) is 0. The van der Waals surface area contributed by atoms with E-state index in [9.17, 15) is 4.79 Å². The van der Waals surface area contributed by atoms with Crippen LogP contribution in [0.1, 0.15) is 21.5 Å². The number of carbonyl (C=O) groups is 1. The first-order chi connectivity index (χ1) is 11.1. The number of allylic oxidation sites excluding steroid dienone is 1. The molecule has 5 heteroatoms. The fraction of sp³-hybridized carbons (Fsp3) is 0.111. The van der Waals surface area contributed by atoms with E-state index >= 15 is 0 Å². The number of hydrogen-bond donors (Lipinski definition) is 0. The molecule has 0 saturated carbocycles. The Hall–Kier alpha value is -2.77. The molecule has 23 heavy (non-hydrogen) atoms. The predicted molar refractivity (Wildman–Crippen MR) is 89.1 cm³/mol. The molecule has 2 aromatic carbocycles. The van der Waals surface area contributed by atoms with Gasteiger partial charge in [-0.2, -0.15) is 5.26 Å². The minimum Gasteiger partial charge on any atom is -0.493 e. The standard InChI is InChI=1S/C18H14ClNO3/c1-22-17-10-12(9-15(19)18(17)23-2)6-7-16(21)14-5-3-4-13(8-14)11-20/h3-10H,1-2H3/b7-6+. The van der Waals surface area contributed by atoms with Gasteiger partial charge in [0.25, 0.3) is 0 Å². The Kier molecular flexibility index (Phi) is 5.40. The first-order valence-corrected chi connectivity index (χ1v) is 7.11. The van der Waals surface area contributed by atoms with Crippen molar-refractivity contribution in [2.24, 2.45) is 0 Å². The van der Waals surface area contributed by atoms with E-state index in [1.54, 1.807) is 42.5 Å². The molecule has 0 N–H and O–H groups in total. The molecule has 0 aliphatic rings. The average Bonchev–Trinajstić information content (AvgIpc) is 2.59. The minimum atomic E-state index is -0.201. The number of ether oxygens (including phenoxy) is 2. The third kappa shape index (κ3) is 3.91. The number of benzene rings is 2. The van der Waals surface area contributed by atoms with Crippen LogP contribution in [0.4, 0.5) is 0 Å². The predicted octanol–water partition coefficient (Wildman–Crippen LogP) is 4.12. The molecular formula is C18H14ClNO3. The summed E-state index contributed by atoms with van der Waals surface area (Å²) in [5.74, 6) is 0.728. The van der Waals surface area contributed by atoms with Gasteiger partial charge >= 0.3 is 0 Å². The topological polar surface area (TPSA) is 59.3 Å². The van der Waals surface area contributed by atoms with Crippen LogP contribution >= 0.6 is 11.6 Å². The van der Waals surface area contributed by atoms with Gasteiger partial charge in [0, 0.05) is 5.56 Å². The maximum Gasteiger partial charge on any atom is 0.185 e. The first-order valence-electron chi connectivity index (χ1n) is 6.73. The van der Waals surface area contributed by atoms with Gasteiger partial charge in [-0.3, -0.25) is 4.79 Å². The molecule has 0 aromatic heterocycles. The van der Waals surface area contributed by atoms with Gasteiger partial charge in [0.2, 0.25) is 0 Å². The van der Waals surface area contributed by atoms with E-state index in [0.29, 0.717) is 33.2 Å². The molecule has 2 aromatic rings. The van der Waals surface area contributed by atoms with E-state index in [1.165, 1.54) is 20.3 Å². The summed E-state index contributed by atoms with van der Waals surface area (Å²) in [5.41, 5.74) is 1.60. The van der Waals surface area contributed by atoms with Crippen LogP contribution in [0.3, 0.4) is 0 Å². The van der Waals surface area contributed by atoms with Crippen LogP contribution in [0.5, 0.6) is 11.5 Å². The van der Waals surface area contributed by atoms with E-state index in [4.69, 9.17) is 26.3 Å². The number of halogens is 1. The fourth-order valence-corrected chi connectivity index (χ4v) is 2.34. The number of carbonyl (C=O) groups excluding carboxylic acids is 1. The molecule has 0 saturated heterocycles. The lowest BCUT2D eigenvalue weighted by molar-refractivity contribution is 0.104. The quantitative estimate of drug-likeness (QED) is 0.612. The summed E-state index contributed by atoms with van der Waals surface area (Å²) in [7, 11) is 3.02. The summed E-state index contributed by atoms with van der Waals surface area (Å²) in [6, 6.07) is 11.9. The summed E-state index contributed by atoms with van der Waals surface area (Å²) in [6.07, 6.45) is 3.06. The number of ketones is 1. The van der Waals surface area contributed by atoms with Crippen molar-refractivity contribution >= 4 is 23.5 Å². The van der Waals surface area contributed by atoms with Crippen molar-refractivity contribution in [2.45, 2.75) is 0 Å². The van der Waals surface area contributed by atoms with Crippen LogP contribution in [0.25, 0.3) is 6.08 Å².